The summed E-state index contributed by atoms with van der Waals surface area (Å²) in [5.41, 5.74) is 0.462. The highest BCUT2D eigenvalue weighted by molar-refractivity contribution is 6.31. The molecule has 3 rings (SSSR count). The van der Waals surface area contributed by atoms with Crippen LogP contribution in [-0.4, -0.2) is 67.5 Å². The van der Waals surface area contributed by atoms with Crippen LogP contribution >= 0.6 is 11.6 Å². The SMILES string of the molecule is CC1CCN(CC(=O)N2CCCCNC(=O)c3cc(Cl)ccc3OCCC2)CC1. The van der Waals surface area contributed by atoms with Crippen molar-refractivity contribution in [3.8, 4) is 5.75 Å². The molecule has 6 nitrogen and oxygen atoms in total. The Morgan fingerprint density at radius 2 is 1.93 bits per heavy atom. The van der Waals surface area contributed by atoms with Crippen molar-refractivity contribution in [1.82, 2.24) is 15.1 Å². The van der Waals surface area contributed by atoms with Crippen LogP contribution in [0, 0.1) is 5.92 Å². The largest absolute Gasteiger partial charge is 0.493 e. The number of rotatable bonds is 2. The van der Waals surface area contributed by atoms with Gasteiger partial charge in [-0.05, 0) is 69.3 Å². The molecule has 0 saturated carbocycles. The molecule has 1 N–H and O–H groups in total. The predicted molar refractivity (Wildman–Crippen MR) is 115 cm³/mol. The normalized spacial score (nSPS) is 20.5. The summed E-state index contributed by atoms with van der Waals surface area (Å²) >= 11 is 6.05. The van der Waals surface area contributed by atoms with Gasteiger partial charge in [0.05, 0.1) is 18.7 Å². The standard InChI is InChI=1S/C22H32ClN3O3/c1-17-7-12-25(13-8-17)16-21(27)26-10-3-2-9-24-22(28)19-15-18(23)5-6-20(19)29-14-4-11-26/h5-6,15,17H,2-4,7-14,16H2,1H3,(H,24,28). The van der Waals surface area contributed by atoms with Gasteiger partial charge in [-0.1, -0.05) is 18.5 Å². The number of carbonyl (C=O) groups excluding carboxylic acids is 2. The van der Waals surface area contributed by atoms with Crippen molar-refractivity contribution in [2.75, 3.05) is 45.9 Å². The van der Waals surface area contributed by atoms with E-state index < -0.39 is 0 Å². The van der Waals surface area contributed by atoms with Crippen molar-refractivity contribution in [2.24, 2.45) is 5.92 Å². The maximum absolute atomic E-state index is 12.9. The number of hydrogen-bond acceptors (Lipinski definition) is 4. The molecule has 2 amide bonds. The van der Waals surface area contributed by atoms with Crippen LogP contribution in [0.15, 0.2) is 18.2 Å². The van der Waals surface area contributed by atoms with E-state index in [1.54, 1.807) is 18.2 Å². The fourth-order valence-electron chi connectivity index (χ4n) is 3.84. The average Bonchev–Trinajstić information content (AvgIpc) is 2.72. The Morgan fingerprint density at radius 3 is 2.72 bits per heavy atom. The van der Waals surface area contributed by atoms with Gasteiger partial charge >= 0.3 is 0 Å². The predicted octanol–water partition coefficient (Wildman–Crippen LogP) is 3.19. The van der Waals surface area contributed by atoms with Crippen LogP contribution in [0.1, 0.15) is 49.4 Å². The zero-order valence-electron chi connectivity index (χ0n) is 17.3. The number of nitrogens with zero attached hydrogens (tertiary/aromatic N) is 2. The van der Waals surface area contributed by atoms with E-state index in [4.69, 9.17) is 16.3 Å². The molecule has 0 radical (unpaired) electrons. The highest BCUT2D eigenvalue weighted by atomic mass is 35.5. The third kappa shape index (κ3) is 6.61. The zero-order chi connectivity index (χ0) is 20.6. The first-order chi connectivity index (χ1) is 14.0. The summed E-state index contributed by atoms with van der Waals surface area (Å²) < 4.78 is 5.85. The van der Waals surface area contributed by atoms with E-state index in [-0.39, 0.29) is 11.8 Å². The van der Waals surface area contributed by atoms with E-state index in [2.05, 4.69) is 17.1 Å². The van der Waals surface area contributed by atoms with Gasteiger partial charge in [-0.15, -0.1) is 0 Å². The number of ether oxygens (including phenoxy) is 1. The quantitative estimate of drug-likeness (QED) is 0.796. The molecule has 0 atom stereocenters. The Bertz CT molecular complexity index is 705. The van der Waals surface area contributed by atoms with Gasteiger partial charge in [0.25, 0.3) is 5.91 Å². The van der Waals surface area contributed by atoms with Crippen molar-refractivity contribution in [3.63, 3.8) is 0 Å². The van der Waals surface area contributed by atoms with Gasteiger partial charge in [-0.2, -0.15) is 0 Å². The number of hydrogen-bond donors (Lipinski definition) is 1. The minimum absolute atomic E-state index is 0.172. The second-order valence-corrected chi connectivity index (χ2v) is 8.58. The first-order valence-corrected chi connectivity index (χ1v) is 11.1. The van der Waals surface area contributed by atoms with Crippen LogP contribution in [0.2, 0.25) is 5.02 Å². The number of nitrogens with one attached hydrogen (secondary N) is 1. The topological polar surface area (TPSA) is 61.9 Å². The Kier molecular flexibility index (Phi) is 8.19. The lowest BCUT2D eigenvalue weighted by atomic mass is 9.99. The second kappa shape index (κ2) is 10.8. The van der Waals surface area contributed by atoms with Crippen LogP contribution in [0.25, 0.3) is 0 Å². The molecule has 29 heavy (non-hydrogen) atoms. The van der Waals surface area contributed by atoms with Crippen molar-refractivity contribution < 1.29 is 14.3 Å². The van der Waals surface area contributed by atoms with Gasteiger partial charge < -0.3 is 15.0 Å². The summed E-state index contributed by atoms with van der Waals surface area (Å²) in [6.45, 7) is 7.22. The first-order valence-electron chi connectivity index (χ1n) is 10.7. The molecule has 1 aromatic carbocycles. The average molecular weight is 422 g/mol. The number of fused-ring (bicyclic) bond motifs is 1. The zero-order valence-corrected chi connectivity index (χ0v) is 18.0. The molecular formula is C22H32ClN3O3. The van der Waals surface area contributed by atoms with E-state index in [1.165, 1.54) is 12.8 Å². The minimum Gasteiger partial charge on any atom is -0.493 e. The highest BCUT2D eigenvalue weighted by Crippen LogP contribution is 2.23. The molecular weight excluding hydrogens is 390 g/mol. The molecule has 2 aliphatic heterocycles. The molecule has 1 saturated heterocycles. The monoisotopic (exact) mass is 421 g/mol. The summed E-state index contributed by atoms with van der Waals surface area (Å²) in [7, 11) is 0. The fourth-order valence-corrected chi connectivity index (χ4v) is 4.01. The lowest BCUT2D eigenvalue weighted by molar-refractivity contribution is -0.133. The van der Waals surface area contributed by atoms with Crippen molar-refractivity contribution >= 4 is 23.4 Å². The van der Waals surface area contributed by atoms with Crippen LogP contribution < -0.4 is 10.1 Å². The van der Waals surface area contributed by atoms with Gasteiger partial charge in [0.15, 0.2) is 0 Å². The number of halogens is 1. The first kappa shape index (κ1) is 21.9. The van der Waals surface area contributed by atoms with Gasteiger partial charge in [0.1, 0.15) is 5.75 Å². The van der Waals surface area contributed by atoms with Gasteiger partial charge in [0, 0.05) is 24.7 Å². The smallest absolute Gasteiger partial charge is 0.255 e. The third-order valence-electron chi connectivity index (χ3n) is 5.74. The highest BCUT2D eigenvalue weighted by Gasteiger charge is 2.21. The molecule has 1 aromatic rings. The number of carbonyl (C=O) groups is 2. The van der Waals surface area contributed by atoms with E-state index in [9.17, 15) is 9.59 Å². The molecule has 0 unspecified atom stereocenters. The Balaban J connectivity index is 1.59. The summed E-state index contributed by atoms with van der Waals surface area (Å²) in [5, 5.41) is 3.44. The number of likely N-dealkylation sites (tertiary alicyclic amines) is 1. The van der Waals surface area contributed by atoms with Crippen molar-refractivity contribution in [2.45, 2.75) is 39.0 Å². The van der Waals surface area contributed by atoms with Crippen LogP contribution in [0.4, 0.5) is 0 Å². The lowest BCUT2D eigenvalue weighted by Gasteiger charge is -2.32. The van der Waals surface area contributed by atoms with E-state index in [0.29, 0.717) is 42.6 Å². The summed E-state index contributed by atoms with van der Waals surface area (Å²) in [4.78, 5) is 29.6. The van der Waals surface area contributed by atoms with Crippen molar-refractivity contribution in [1.29, 1.82) is 0 Å². The molecule has 0 bridgehead atoms. The van der Waals surface area contributed by atoms with Crippen LogP contribution in [0.5, 0.6) is 5.75 Å². The molecule has 2 aliphatic rings. The Hall–Kier alpha value is -1.79. The van der Waals surface area contributed by atoms with E-state index in [0.717, 1.165) is 44.8 Å². The van der Waals surface area contributed by atoms with Gasteiger partial charge in [0.2, 0.25) is 5.91 Å². The number of benzene rings is 1. The molecule has 7 heteroatoms. The third-order valence-corrected chi connectivity index (χ3v) is 5.98. The molecule has 160 valence electrons. The molecule has 0 aromatic heterocycles. The number of piperidine rings is 1. The molecule has 2 heterocycles. The molecule has 0 spiro atoms. The van der Waals surface area contributed by atoms with E-state index >= 15 is 0 Å². The summed E-state index contributed by atoms with van der Waals surface area (Å²) in [5.74, 6) is 1.32. The fraction of sp³-hybridized carbons (Fsp3) is 0.636. The summed E-state index contributed by atoms with van der Waals surface area (Å²) in [6, 6.07) is 5.10. The number of amides is 2. The lowest BCUT2D eigenvalue weighted by Crippen LogP contribution is -2.44. The maximum Gasteiger partial charge on any atom is 0.255 e. The second-order valence-electron chi connectivity index (χ2n) is 8.14. The molecule has 0 aliphatic carbocycles. The summed E-state index contributed by atoms with van der Waals surface area (Å²) in [6.07, 6.45) is 4.76. The van der Waals surface area contributed by atoms with Crippen LogP contribution in [0.3, 0.4) is 0 Å². The van der Waals surface area contributed by atoms with E-state index in [1.807, 2.05) is 4.90 Å². The van der Waals surface area contributed by atoms with Crippen LogP contribution in [-0.2, 0) is 4.79 Å². The van der Waals surface area contributed by atoms with Crippen molar-refractivity contribution in [3.05, 3.63) is 28.8 Å². The minimum atomic E-state index is -0.172. The van der Waals surface area contributed by atoms with Gasteiger partial charge in [-0.25, -0.2) is 0 Å². The molecule has 1 fully saturated rings. The maximum atomic E-state index is 12.9. The van der Waals surface area contributed by atoms with Gasteiger partial charge in [-0.3, -0.25) is 14.5 Å². The Labute approximate surface area is 178 Å². The Morgan fingerprint density at radius 1 is 1.17 bits per heavy atom.